The summed E-state index contributed by atoms with van der Waals surface area (Å²) in [5.74, 6) is -0.0701. The van der Waals surface area contributed by atoms with Crippen LogP contribution in [0.5, 0.6) is 0 Å². The summed E-state index contributed by atoms with van der Waals surface area (Å²) in [5, 5.41) is 14.4. The van der Waals surface area contributed by atoms with Crippen molar-refractivity contribution in [3.8, 4) is 0 Å². The van der Waals surface area contributed by atoms with Crippen molar-refractivity contribution in [2.75, 3.05) is 13.2 Å². The van der Waals surface area contributed by atoms with E-state index in [1.165, 1.54) is 0 Å². The summed E-state index contributed by atoms with van der Waals surface area (Å²) in [4.78, 5) is 15.6. The molecule has 2 aliphatic rings. The minimum Gasteiger partial charge on any atom is -0.392 e. The zero-order chi connectivity index (χ0) is 15.2. The molecule has 1 saturated heterocycles. The van der Waals surface area contributed by atoms with Gasteiger partial charge >= 0.3 is 0 Å². The van der Waals surface area contributed by atoms with Gasteiger partial charge in [0.1, 0.15) is 0 Å². The van der Waals surface area contributed by atoms with E-state index in [4.69, 9.17) is 4.74 Å². The summed E-state index contributed by atoms with van der Waals surface area (Å²) >= 11 is 0. The molecule has 1 aliphatic heterocycles. The molecule has 3 N–H and O–H groups in total. The van der Waals surface area contributed by atoms with Crippen molar-refractivity contribution < 1.29 is 14.6 Å². The molecule has 1 aromatic carbocycles. The first-order chi connectivity index (χ1) is 10.7. The highest BCUT2D eigenvalue weighted by molar-refractivity contribution is 5.98. The first kappa shape index (κ1) is 13.8. The van der Waals surface area contributed by atoms with Gasteiger partial charge in [-0.25, -0.2) is 0 Å². The van der Waals surface area contributed by atoms with Crippen molar-refractivity contribution >= 4 is 16.8 Å². The molecular weight excluding hydrogens is 280 g/mol. The summed E-state index contributed by atoms with van der Waals surface area (Å²) in [5.41, 5.74) is 1.42. The summed E-state index contributed by atoms with van der Waals surface area (Å²) in [7, 11) is 0. The van der Waals surface area contributed by atoms with Crippen molar-refractivity contribution in [1.82, 2.24) is 10.3 Å². The number of benzene rings is 1. The summed E-state index contributed by atoms with van der Waals surface area (Å²) in [6.07, 6.45) is 3.80. The Morgan fingerprint density at radius 2 is 2.14 bits per heavy atom. The van der Waals surface area contributed by atoms with E-state index in [0.29, 0.717) is 25.2 Å². The Balaban J connectivity index is 1.51. The second-order valence-corrected chi connectivity index (χ2v) is 6.40. The normalized spacial score (nSPS) is 26.8. The third-order valence-electron chi connectivity index (χ3n) is 5.36. The number of aromatic nitrogens is 1. The highest BCUT2D eigenvalue weighted by Crippen LogP contribution is 2.49. The third kappa shape index (κ3) is 2.04. The number of ether oxygens (including phenoxy) is 1. The van der Waals surface area contributed by atoms with E-state index in [-0.39, 0.29) is 23.5 Å². The summed E-state index contributed by atoms with van der Waals surface area (Å²) in [6.45, 7) is 1.33. The third-order valence-corrected chi connectivity index (χ3v) is 5.36. The Hall–Kier alpha value is -1.85. The number of H-pyrrole nitrogens is 1. The van der Waals surface area contributed by atoms with Crippen LogP contribution in [0, 0.1) is 5.41 Å². The predicted octanol–water partition coefficient (Wildman–Crippen LogP) is 1.83. The van der Waals surface area contributed by atoms with Crippen LogP contribution in [0.4, 0.5) is 0 Å². The standard InChI is InChI=1S/C17H20N2O3/c20-15-10-14(17(15)4-7-22-8-5-17)19-16(21)12-2-1-11-3-6-18-13(11)9-12/h1-3,6,9,14-15,18,20H,4-5,7-8,10H2,(H,19,21)/t14-,15-/m1/s1. The Morgan fingerprint density at radius 3 is 2.91 bits per heavy atom. The number of fused-ring (bicyclic) bond motifs is 1. The minimum atomic E-state index is -0.326. The molecule has 116 valence electrons. The molecule has 2 heterocycles. The Kier molecular flexibility index (Phi) is 3.20. The SMILES string of the molecule is O=C(N[C@@H]1C[C@@H](O)C12CCOCC2)c1ccc2cc[nH]c2c1. The molecular formula is C17H20N2O3. The number of rotatable bonds is 2. The number of nitrogens with one attached hydrogen (secondary N) is 2. The average molecular weight is 300 g/mol. The molecule has 0 bridgehead atoms. The van der Waals surface area contributed by atoms with Crippen molar-refractivity contribution in [3.05, 3.63) is 36.0 Å². The van der Waals surface area contributed by atoms with E-state index >= 15 is 0 Å². The minimum absolute atomic E-state index is 0.0400. The molecule has 1 amide bonds. The van der Waals surface area contributed by atoms with E-state index in [1.54, 1.807) is 0 Å². The van der Waals surface area contributed by atoms with Gasteiger partial charge in [0.25, 0.3) is 5.91 Å². The second-order valence-electron chi connectivity index (χ2n) is 6.40. The second kappa shape index (κ2) is 5.11. The van der Waals surface area contributed by atoms with Gasteiger partial charge in [-0.1, -0.05) is 6.07 Å². The molecule has 1 spiro atoms. The van der Waals surface area contributed by atoms with Crippen LogP contribution in [-0.4, -0.2) is 41.4 Å². The molecule has 4 rings (SSSR count). The van der Waals surface area contributed by atoms with Gasteiger partial charge in [0.15, 0.2) is 0 Å². The van der Waals surface area contributed by atoms with Crippen LogP contribution in [-0.2, 0) is 4.74 Å². The van der Waals surface area contributed by atoms with Crippen molar-refractivity contribution in [1.29, 1.82) is 0 Å². The van der Waals surface area contributed by atoms with Gasteiger partial charge in [0.05, 0.1) is 6.10 Å². The van der Waals surface area contributed by atoms with E-state index in [0.717, 1.165) is 23.7 Å². The largest absolute Gasteiger partial charge is 0.392 e. The maximum absolute atomic E-state index is 12.5. The van der Waals surface area contributed by atoms with Crippen molar-refractivity contribution in [3.63, 3.8) is 0 Å². The van der Waals surface area contributed by atoms with Gasteiger partial charge in [-0.2, -0.15) is 0 Å². The molecule has 1 aliphatic carbocycles. The smallest absolute Gasteiger partial charge is 0.251 e. The average Bonchev–Trinajstić information content (AvgIpc) is 3.02. The number of amides is 1. The van der Waals surface area contributed by atoms with Crippen molar-refractivity contribution in [2.45, 2.75) is 31.4 Å². The molecule has 5 heteroatoms. The Morgan fingerprint density at radius 1 is 1.32 bits per heavy atom. The van der Waals surface area contributed by atoms with Crippen LogP contribution in [0.25, 0.3) is 10.9 Å². The quantitative estimate of drug-likeness (QED) is 0.792. The highest BCUT2D eigenvalue weighted by Gasteiger charge is 2.55. The van der Waals surface area contributed by atoms with Crippen LogP contribution < -0.4 is 5.32 Å². The van der Waals surface area contributed by atoms with Crippen molar-refractivity contribution in [2.24, 2.45) is 5.41 Å². The number of hydrogen-bond donors (Lipinski definition) is 3. The van der Waals surface area contributed by atoms with Crippen LogP contribution in [0.3, 0.4) is 0 Å². The molecule has 1 saturated carbocycles. The van der Waals surface area contributed by atoms with E-state index in [1.807, 2.05) is 30.5 Å². The van der Waals surface area contributed by atoms with Gasteiger partial charge in [0, 0.05) is 41.9 Å². The van der Waals surface area contributed by atoms with E-state index in [2.05, 4.69) is 10.3 Å². The molecule has 2 fully saturated rings. The molecule has 1 aromatic heterocycles. The van der Waals surface area contributed by atoms with Crippen LogP contribution in [0.15, 0.2) is 30.5 Å². The lowest BCUT2D eigenvalue weighted by Crippen LogP contribution is -2.65. The Bertz CT molecular complexity index is 703. The molecule has 2 atom stereocenters. The number of aromatic amines is 1. The lowest BCUT2D eigenvalue weighted by Gasteiger charge is -2.55. The van der Waals surface area contributed by atoms with Gasteiger partial charge in [-0.05, 0) is 42.8 Å². The monoisotopic (exact) mass is 300 g/mol. The highest BCUT2D eigenvalue weighted by atomic mass is 16.5. The van der Waals surface area contributed by atoms with Gasteiger partial charge in [-0.15, -0.1) is 0 Å². The number of hydrogen-bond acceptors (Lipinski definition) is 3. The number of carbonyl (C=O) groups excluding carboxylic acids is 1. The fourth-order valence-corrected chi connectivity index (χ4v) is 3.83. The van der Waals surface area contributed by atoms with E-state index < -0.39 is 0 Å². The van der Waals surface area contributed by atoms with E-state index in [9.17, 15) is 9.90 Å². The van der Waals surface area contributed by atoms with Gasteiger partial charge in [0.2, 0.25) is 0 Å². The first-order valence-corrected chi connectivity index (χ1v) is 7.83. The predicted molar refractivity (Wildman–Crippen MR) is 82.7 cm³/mol. The van der Waals surface area contributed by atoms with Gasteiger partial charge < -0.3 is 20.1 Å². The maximum Gasteiger partial charge on any atom is 0.251 e. The molecule has 22 heavy (non-hydrogen) atoms. The fourth-order valence-electron chi connectivity index (χ4n) is 3.83. The molecule has 0 radical (unpaired) electrons. The lowest BCUT2D eigenvalue weighted by molar-refractivity contribution is -0.145. The summed E-state index contributed by atoms with van der Waals surface area (Å²) in [6, 6.07) is 7.68. The van der Waals surface area contributed by atoms with Crippen LogP contribution in [0.1, 0.15) is 29.6 Å². The maximum atomic E-state index is 12.5. The summed E-state index contributed by atoms with van der Waals surface area (Å²) < 4.78 is 5.40. The first-order valence-electron chi connectivity index (χ1n) is 7.83. The number of carbonyl (C=O) groups is 1. The zero-order valence-electron chi connectivity index (χ0n) is 12.3. The topological polar surface area (TPSA) is 74.3 Å². The fraction of sp³-hybridized carbons (Fsp3) is 0.471. The van der Waals surface area contributed by atoms with Crippen LogP contribution >= 0.6 is 0 Å². The molecule has 2 aromatic rings. The number of aliphatic hydroxyl groups is 1. The van der Waals surface area contributed by atoms with Gasteiger partial charge in [-0.3, -0.25) is 4.79 Å². The zero-order valence-corrected chi connectivity index (χ0v) is 12.3. The van der Waals surface area contributed by atoms with Crippen LogP contribution in [0.2, 0.25) is 0 Å². The number of aliphatic hydroxyl groups excluding tert-OH is 1. The molecule has 5 nitrogen and oxygen atoms in total. The lowest BCUT2D eigenvalue weighted by atomic mass is 9.58. The Labute approximate surface area is 128 Å². The molecule has 0 unspecified atom stereocenters.